The highest BCUT2D eigenvalue weighted by atomic mass is 32.2. The molecule has 4 heterocycles. The van der Waals surface area contributed by atoms with Crippen LogP contribution in [-0.4, -0.2) is 63.0 Å². The maximum absolute atomic E-state index is 4.57. The molecule has 4 rings (SSSR count). The molecule has 0 aliphatic carbocycles. The minimum Gasteiger partial charge on any atom is -0.309 e. The smallest absolute Gasteiger partial charge is 0.191 e. The van der Waals surface area contributed by atoms with E-state index in [9.17, 15) is 0 Å². The van der Waals surface area contributed by atoms with Crippen LogP contribution in [0.2, 0.25) is 0 Å². The van der Waals surface area contributed by atoms with Crippen molar-refractivity contribution in [3.05, 3.63) is 28.2 Å². The lowest BCUT2D eigenvalue weighted by Gasteiger charge is -2.31. The van der Waals surface area contributed by atoms with E-state index in [-0.39, 0.29) is 0 Å². The molecule has 0 amide bonds. The van der Waals surface area contributed by atoms with Gasteiger partial charge in [0.15, 0.2) is 5.16 Å². The molecule has 2 aliphatic rings. The Morgan fingerprint density at radius 1 is 1.07 bits per heavy atom. The Morgan fingerprint density at radius 3 is 2.63 bits per heavy atom. The van der Waals surface area contributed by atoms with Crippen molar-refractivity contribution in [3.63, 3.8) is 0 Å². The lowest BCUT2D eigenvalue weighted by Crippen LogP contribution is -2.33. The van der Waals surface area contributed by atoms with Gasteiger partial charge in [-0.1, -0.05) is 24.2 Å². The predicted molar refractivity (Wildman–Crippen MR) is 114 cm³/mol. The van der Waals surface area contributed by atoms with Gasteiger partial charge in [-0.15, -0.1) is 21.5 Å². The van der Waals surface area contributed by atoms with Gasteiger partial charge < -0.3 is 9.47 Å². The molecule has 0 aromatic carbocycles. The van der Waals surface area contributed by atoms with Crippen molar-refractivity contribution >= 4 is 23.1 Å². The summed E-state index contributed by atoms with van der Waals surface area (Å²) in [4.78, 5) is 6.64. The molecule has 0 spiro atoms. The summed E-state index contributed by atoms with van der Waals surface area (Å²) in [5.74, 6) is 2.86. The van der Waals surface area contributed by atoms with Crippen LogP contribution in [0.3, 0.4) is 0 Å². The fourth-order valence-corrected chi connectivity index (χ4v) is 5.89. The van der Waals surface area contributed by atoms with Crippen LogP contribution in [0.25, 0.3) is 0 Å². The third-order valence-corrected chi connectivity index (χ3v) is 7.73. The molecule has 27 heavy (non-hydrogen) atoms. The summed E-state index contributed by atoms with van der Waals surface area (Å²) in [6.07, 6.45) is 6.52. The van der Waals surface area contributed by atoms with Gasteiger partial charge in [-0.2, -0.15) is 0 Å². The van der Waals surface area contributed by atoms with Crippen molar-refractivity contribution in [1.29, 1.82) is 0 Å². The molecule has 0 saturated carbocycles. The molecule has 2 aliphatic heterocycles. The van der Waals surface area contributed by atoms with Gasteiger partial charge in [0.05, 0.1) is 0 Å². The Morgan fingerprint density at radius 2 is 1.89 bits per heavy atom. The maximum Gasteiger partial charge on any atom is 0.191 e. The quantitative estimate of drug-likeness (QED) is 0.655. The zero-order valence-electron chi connectivity index (χ0n) is 16.3. The number of nitrogens with zero attached hydrogens (tertiary/aromatic N) is 5. The maximum atomic E-state index is 4.57. The van der Waals surface area contributed by atoms with E-state index in [4.69, 9.17) is 0 Å². The van der Waals surface area contributed by atoms with Gasteiger partial charge in [0.1, 0.15) is 5.82 Å². The Kier molecular flexibility index (Phi) is 6.87. The number of piperidine rings is 2. The molecule has 0 N–H and O–H groups in total. The highest BCUT2D eigenvalue weighted by molar-refractivity contribution is 7.99. The Hall–Kier alpha value is -0.890. The van der Waals surface area contributed by atoms with Gasteiger partial charge in [0.25, 0.3) is 0 Å². The van der Waals surface area contributed by atoms with Crippen molar-refractivity contribution in [2.24, 2.45) is 7.05 Å². The molecule has 2 aromatic heterocycles. The molecule has 0 atom stereocenters. The summed E-state index contributed by atoms with van der Waals surface area (Å²) in [7, 11) is 2.15. The lowest BCUT2D eigenvalue weighted by atomic mass is 9.96. The molecule has 2 aromatic rings. The number of thiophene rings is 1. The Bertz CT molecular complexity index is 685. The highest BCUT2D eigenvalue weighted by Gasteiger charge is 2.25. The van der Waals surface area contributed by atoms with Gasteiger partial charge in [-0.25, -0.2) is 0 Å². The largest absolute Gasteiger partial charge is 0.309 e. The first-order valence-corrected chi connectivity index (χ1v) is 12.2. The van der Waals surface area contributed by atoms with Crippen LogP contribution in [0.5, 0.6) is 0 Å². The molecule has 0 unspecified atom stereocenters. The topological polar surface area (TPSA) is 37.2 Å². The first-order chi connectivity index (χ1) is 13.3. The highest BCUT2D eigenvalue weighted by Crippen LogP contribution is 2.29. The Labute approximate surface area is 171 Å². The average molecular weight is 406 g/mol. The lowest BCUT2D eigenvalue weighted by molar-refractivity contribution is 0.202. The van der Waals surface area contributed by atoms with Crippen LogP contribution in [0, 0.1) is 0 Å². The fourth-order valence-electron chi connectivity index (χ4n) is 4.23. The molecular weight excluding hydrogens is 374 g/mol. The van der Waals surface area contributed by atoms with E-state index in [2.05, 4.69) is 49.1 Å². The number of rotatable bonds is 7. The van der Waals surface area contributed by atoms with Crippen LogP contribution in [0.4, 0.5) is 0 Å². The summed E-state index contributed by atoms with van der Waals surface area (Å²) in [6.45, 7) is 7.14. The summed E-state index contributed by atoms with van der Waals surface area (Å²) in [5.41, 5.74) is 0. The molecule has 0 bridgehead atoms. The second kappa shape index (κ2) is 9.54. The van der Waals surface area contributed by atoms with E-state index in [0.717, 1.165) is 30.5 Å². The van der Waals surface area contributed by atoms with Crippen LogP contribution < -0.4 is 0 Å². The first kappa shape index (κ1) is 19.4. The standard InChI is InChI=1S/C20H31N5S2/c1-23-19(17-7-11-25(12-8-17)16-18-6-5-14-26-18)21-22-20(23)27-15-13-24-9-3-2-4-10-24/h5-6,14,17H,2-4,7-13,15-16H2,1H3. The van der Waals surface area contributed by atoms with E-state index >= 15 is 0 Å². The van der Waals surface area contributed by atoms with Gasteiger partial charge in [0, 0.05) is 36.7 Å². The summed E-state index contributed by atoms with van der Waals surface area (Å²) in [6, 6.07) is 4.39. The monoisotopic (exact) mass is 405 g/mol. The Balaban J connectivity index is 1.25. The SMILES string of the molecule is Cn1c(SCCN2CCCCC2)nnc1C1CCN(Cc2cccs2)CC1. The number of likely N-dealkylation sites (tertiary alicyclic amines) is 2. The van der Waals surface area contributed by atoms with Crippen LogP contribution >= 0.6 is 23.1 Å². The fraction of sp³-hybridized carbons (Fsp3) is 0.700. The molecule has 148 valence electrons. The third-order valence-electron chi connectivity index (χ3n) is 5.87. The molecule has 2 saturated heterocycles. The van der Waals surface area contributed by atoms with E-state index in [1.165, 1.54) is 62.4 Å². The van der Waals surface area contributed by atoms with Crippen LogP contribution in [-0.2, 0) is 13.6 Å². The first-order valence-electron chi connectivity index (χ1n) is 10.3. The summed E-state index contributed by atoms with van der Waals surface area (Å²) < 4.78 is 2.25. The number of aromatic nitrogens is 3. The molecule has 5 nitrogen and oxygen atoms in total. The van der Waals surface area contributed by atoms with Crippen molar-refractivity contribution in [2.75, 3.05) is 38.5 Å². The van der Waals surface area contributed by atoms with Gasteiger partial charge >= 0.3 is 0 Å². The van der Waals surface area contributed by atoms with Gasteiger partial charge in [-0.3, -0.25) is 4.90 Å². The van der Waals surface area contributed by atoms with Crippen molar-refractivity contribution in [1.82, 2.24) is 24.6 Å². The molecule has 2 fully saturated rings. The molecule has 0 radical (unpaired) electrons. The predicted octanol–water partition coefficient (Wildman–Crippen LogP) is 3.83. The van der Waals surface area contributed by atoms with Gasteiger partial charge in [0.2, 0.25) is 0 Å². The minimum atomic E-state index is 0.554. The second-order valence-corrected chi connectivity index (χ2v) is 9.87. The second-order valence-electron chi connectivity index (χ2n) is 7.78. The van der Waals surface area contributed by atoms with Crippen molar-refractivity contribution in [3.8, 4) is 0 Å². The van der Waals surface area contributed by atoms with Gasteiger partial charge in [-0.05, 0) is 63.3 Å². The number of hydrogen-bond donors (Lipinski definition) is 0. The summed E-state index contributed by atoms with van der Waals surface area (Å²) in [5, 5.41) is 12.3. The van der Waals surface area contributed by atoms with E-state index in [1.54, 1.807) is 0 Å². The van der Waals surface area contributed by atoms with Crippen LogP contribution in [0.15, 0.2) is 22.7 Å². The number of thioether (sulfide) groups is 1. The van der Waals surface area contributed by atoms with Crippen molar-refractivity contribution < 1.29 is 0 Å². The number of hydrogen-bond acceptors (Lipinski definition) is 6. The minimum absolute atomic E-state index is 0.554. The summed E-state index contributed by atoms with van der Waals surface area (Å²) >= 11 is 3.73. The van der Waals surface area contributed by atoms with E-state index < -0.39 is 0 Å². The zero-order valence-corrected chi connectivity index (χ0v) is 18.0. The van der Waals surface area contributed by atoms with E-state index in [1.807, 2.05) is 23.1 Å². The normalized spacial score (nSPS) is 20.3. The van der Waals surface area contributed by atoms with Crippen LogP contribution in [0.1, 0.15) is 48.7 Å². The zero-order chi connectivity index (χ0) is 18.5. The third kappa shape index (κ3) is 5.13. The molecule has 7 heteroatoms. The average Bonchev–Trinajstić information content (AvgIpc) is 3.34. The van der Waals surface area contributed by atoms with Crippen molar-refractivity contribution in [2.45, 2.75) is 49.7 Å². The van der Waals surface area contributed by atoms with E-state index in [0.29, 0.717) is 5.92 Å². The molecular formula is C20H31N5S2.